The van der Waals surface area contributed by atoms with Crippen molar-refractivity contribution in [2.75, 3.05) is 74.8 Å². The van der Waals surface area contributed by atoms with E-state index in [1.165, 1.54) is 67.8 Å². The lowest BCUT2D eigenvalue weighted by Gasteiger charge is -2.36. The number of benzene rings is 4. The second-order valence-corrected chi connectivity index (χ2v) is 24.9. The lowest BCUT2D eigenvalue weighted by molar-refractivity contribution is -0.165. The Balaban J connectivity index is 1.34. The maximum Gasteiger partial charge on any atom is 0.330 e. The van der Waals surface area contributed by atoms with Crippen LogP contribution >= 0.6 is 0 Å². The zero-order valence-corrected chi connectivity index (χ0v) is 54.6. The van der Waals surface area contributed by atoms with Gasteiger partial charge in [0.1, 0.15) is 42.6 Å². The van der Waals surface area contributed by atoms with Crippen molar-refractivity contribution in [1.82, 2.24) is 30.2 Å². The van der Waals surface area contributed by atoms with Crippen LogP contribution in [0.5, 0.6) is 23.0 Å². The maximum absolute atomic E-state index is 15.1. The van der Waals surface area contributed by atoms with Crippen LogP contribution in [0.3, 0.4) is 0 Å². The van der Waals surface area contributed by atoms with Crippen LogP contribution < -0.4 is 24.8 Å². The maximum atomic E-state index is 15.1. The van der Waals surface area contributed by atoms with Crippen LogP contribution in [-0.2, 0) is 70.2 Å². The fraction of sp³-hybridized carbons (Fsp3) is 0.522. The molecule has 4 aromatic carbocycles. The molecule has 4 aromatic rings. The van der Waals surface area contributed by atoms with Gasteiger partial charge in [-0.3, -0.25) is 33.6 Å². The molecular formula is C69H92N6O16. The molecule has 3 N–H and O–H groups in total. The number of hydrogen-bond acceptors (Lipinski definition) is 16. The van der Waals surface area contributed by atoms with Gasteiger partial charge in [0.2, 0.25) is 35.2 Å². The Labute approximate surface area is 534 Å². The number of aromatic hydroxyl groups is 1. The number of hydrogen-bond donors (Lipinski definition) is 3. The van der Waals surface area contributed by atoms with Crippen molar-refractivity contribution in [2.45, 2.75) is 154 Å². The molecule has 1 saturated heterocycles. The second-order valence-electron chi connectivity index (χ2n) is 24.9. The number of piperidine rings is 1. The van der Waals surface area contributed by atoms with Crippen molar-refractivity contribution in [2.24, 2.45) is 5.41 Å². The number of carbonyl (C=O) groups excluding carboxylic acids is 9. The van der Waals surface area contributed by atoms with E-state index in [4.69, 9.17) is 28.4 Å². The predicted octanol–water partition coefficient (Wildman–Crippen LogP) is 7.38. The number of ketones is 1. The number of amides is 6. The lowest BCUT2D eigenvalue weighted by atomic mass is 9.87. The van der Waals surface area contributed by atoms with Crippen molar-refractivity contribution in [3.63, 3.8) is 0 Å². The van der Waals surface area contributed by atoms with E-state index in [0.29, 0.717) is 73.9 Å². The summed E-state index contributed by atoms with van der Waals surface area (Å²) in [5.41, 5.74) is -0.663. The van der Waals surface area contributed by atoms with Gasteiger partial charge in [0.05, 0.1) is 38.4 Å². The number of rotatable bonds is 12. The first-order valence-corrected chi connectivity index (χ1v) is 31.3. The molecule has 2 bridgehead atoms. The van der Waals surface area contributed by atoms with Gasteiger partial charge in [-0.15, -0.1) is 0 Å². The molecule has 0 aliphatic carbocycles. The van der Waals surface area contributed by atoms with E-state index >= 15 is 4.79 Å². The molecule has 2 aliphatic rings. The van der Waals surface area contributed by atoms with E-state index in [9.17, 15) is 43.5 Å². The number of allylic oxidation sites excluding steroid dienone is 1. The lowest BCUT2D eigenvalue weighted by Crippen LogP contribution is -2.59. The van der Waals surface area contributed by atoms with E-state index in [1.807, 2.05) is 49.4 Å². The molecule has 6 rings (SSSR count). The molecule has 6 amide bonds. The number of phenolic OH excluding ortho intramolecular Hbond substituents is 1. The van der Waals surface area contributed by atoms with E-state index in [-0.39, 0.29) is 62.5 Å². The number of nitrogens with one attached hydrogen (secondary N) is 2. The normalized spacial score (nSPS) is 21.9. The summed E-state index contributed by atoms with van der Waals surface area (Å²) >= 11 is 0. The van der Waals surface area contributed by atoms with Gasteiger partial charge in [-0.05, 0) is 138 Å². The number of carbonyl (C=O) groups is 9. The summed E-state index contributed by atoms with van der Waals surface area (Å²) < 4.78 is 34.9. The van der Waals surface area contributed by atoms with Crippen molar-refractivity contribution in [1.29, 1.82) is 0 Å². The summed E-state index contributed by atoms with van der Waals surface area (Å²) in [5.74, 6) is -5.84. The summed E-state index contributed by atoms with van der Waals surface area (Å²) in [7, 11) is 7.35. The molecule has 91 heavy (non-hydrogen) atoms. The number of unbranched alkanes of at least 4 members (excludes halogenated alkanes) is 1. The molecular weight excluding hydrogens is 1170 g/mol. The Kier molecular flexibility index (Phi) is 26.3. The molecule has 0 radical (unpaired) electrons. The van der Waals surface area contributed by atoms with Gasteiger partial charge < -0.3 is 63.8 Å². The minimum Gasteiger partial charge on any atom is -0.504 e. The quantitative estimate of drug-likeness (QED) is 0.0922. The first-order chi connectivity index (χ1) is 43.3. The van der Waals surface area contributed by atoms with Gasteiger partial charge >= 0.3 is 11.9 Å². The average Bonchev–Trinajstić information content (AvgIpc) is 1.15. The molecule has 0 unspecified atom stereocenters. The van der Waals surface area contributed by atoms with Crippen LogP contribution in [0, 0.1) is 5.41 Å². The standard InChI is InChI=1S/C69H92N6O16/c1-12-13-27-52-64(82)71-51(39-45-30-31-46-23-17-18-24-48(46)38-45)65(83)74(9)54(42-90-68(2,3)4)63(81)70-41-57(76)72(7)36-20-15-14-16-29-59(78)89-44-69(5,6)62(80)66(84)75-37-21-19-28-53(75)67(85)91-55(34-32-47-33-35-56(86-10)61(87-11)60(47)79)49-25-22-26-50(40-49)88-43-58(77)73(52)8/h16-18,22-26,29-31,33,35,38,40,51-55,79H,12-15,19-21,27-28,32,34,36-37,39,41-44H2,1-11H3,(H,70,81)(H,71,82)/b29-16+/t51-,52-,53-,54-,55+/m0/s1. The molecule has 0 saturated carbocycles. The number of ether oxygens (including phenoxy) is 6. The van der Waals surface area contributed by atoms with E-state index < -0.39 is 114 Å². The Morgan fingerprint density at radius 2 is 1.49 bits per heavy atom. The highest BCUT2D eigenvalue weighted by Gasteiger charge is 2.43. The van der Waals surface area contributed by atoms with Crippen LogP contribution in [0.25, 0.3) is 10.8 Å². The van der Waals surface area contributed by atoms with Crippen LogP contribution in [-0.4, -0.2) is 182 Å². The Bertz CT molecular complexity index is 3250. The first-order valence-electron chi connectivity index (χ1n) is 31.3. The molecule has 2 aliphatic heterocycles. The van der Waals surface area contributed by atoms with E-state index in [2.05, 4.69) is 10.6 Å². The summed E-state index contributed by atoms with van der Waals surface area (Å²) in [5, 5.41) is 18.8. The summed E-state index contributed by atoms with van der Waals surface area (Å²) in [6.45, 7) is 9.05. The van der Waals surface area contributed by atoms with Gasteiger partial charge in [0.15, 0.2) is 18.1 Å². The highest BCUT2D eigenvalue weighted by Crippen LogP contribution is 2.40. The van der Waals surface area contributed by atoms with Gasteiger partial charge in [0, 0.05) is 46.7 Å². The Hall–Kier alpha value is -8.53. The number of likely N-dealkylation sites (N-methyl/N-ethyl adjacent to an activating group) is 3. The molecule has 1 fully saturated rings. The number of nitrogens with zero attached hydrogens (tertiary/aromatic N) is 4. The largest absolute Gasteiger partial charge is 0.504 e. The number of cyclic esters (lactones) is 2. The highest BCUT2D eigenvalue weighted by atomic mass is 16.5. The number of aryl methyl sites for hydroxylation is 1. The Morgan fingerprint density at radius 3 is 2.21 bits per heavy atom. The SMILES string of the molecule is CCCC[C@H]1C(=O)N[C@@H](Cc2ccc3ccccc3c2)C(=O)N(C)[C@@H](COC(C)(C)C)C(=O)NCC(=O)N(C)CCCC/C=C/C(=O)OCC(C)(C)C(=O)C(=O)N2CCCC[C@H]2C(=O)O[C@H](CCc2ccc(OC)c(OC)c2O)c2cccc(c2)OCC(=O)N1C. The van der Waals surface area contributed by atoms with Gasteiger partial charge in [-0.1, -0.05) is 86.5 Å². The molecule has 494 valence electrons. The summed E-state index contributed by atoms with van der Waals surface area (Å²) in [6, 6.07) is 18.4. The van der Waals surface area contributed by atoms with Crippen LogP contribution in [0.15, 0.2) is 91.0 Å². The molecule has 0 aromatic heterocycles. The topological polar surface area (TPSA) is 266 Å². The zero-order valence-electron chi connectivity index (χ0n) is 54.6. The fourth-order valence-electron chi connectivity index (χ4n) is 10.8. The van der Waals surface area contributed by atoms with Crippen LogP contribution in [0.4, 0.5) is 0 Å². The van der Waals surface area contributed by atoms with Gasteiger partial charge in [-0.25, -0.2) is 9.59 Å². The monoisotopic (exact) mass is 1260 g/mol. The molecule has 5 atom stereocenters. The molecule has 22 heteroatoms. The third kappa shape index (κ3) is 20.2. The fourth-order valence-corrected chi connectivity index (χ4v) is 10.8. The third-order valence-corrected chi connectivity index (χ3v) is 16.4. The van der Waals surface area contributed by atoms with E-state index in [1.54, 1.807) is 70.3 Å². The average molecular weight is 1260 g/mol. The summed E-state index contributed by atoms with van der Waals surface area (Å²) in [6.07, 6.45) is 6.18. The first kappa shape index (κ1) is 71.5. The number of Topliss-reactive ketones (excluding diaryl/α,β-unsaturated/α-hetero) is 1. The minimum atomic E-state index is -1.49. The summed E-state index contributed by atoms with van der Waals surface area (Å²) in [4.78, 5) is 133. The minimum absolute atomic E-state index is 0.00417. The van der Waals surface area contributed by atoms with Crippen molar-refractivity contribution in [3.05, 3.63) is 108 Å². The molecule has 22 nitrogen and oxygen atoms in total. The Morgan fingerprint density at radius 1 is 0.758 bits per heavy atom. The van der Waals surface area contributed by atoms with Gasteiger partial charge in [-0.2, -0.15) is 0 Å². The van der Waals surface area contributed by atoms with Gasteiger partial charge in [0.25, 0.3) is 11.8 Å². The third-order valence-electron chi connectivity index (χ3n) is 16.4. The van der Waals surface area contributed by atoms with Crippen molar-refractivity contribution in [3.8, 4) is 23.0 Å². The molecule has 0 spiro atoms. The van der Waals surface area contributed by atoms with Crippen molar-refractivity contribution >= 4 is 63.9 Å². The van der Waals surface area contributed by atoms with E-state index in [0.717, 1.165) is 10.8 Å². The number of esters is 2. The smallest absolute Gasteiger partial charge is 0.330 e. The highest BCUT2D eigenvalue weighted by molar-refractivity contribution is 6.38. The predicted molar refractivity (Wildman–Crippen MR) is 341 cm³/mol. The number of methoxy groups -OCH3 is 2. The van der Waals surface area contributed by atoms with Crippen LogP contribution in [0.1, 0.15) is 129 Å². The molecule has 2 heterocycles. The van der Waals surface area contributed by atoms with Crippen LogP contribution in [0.2, 0.25) is 0 Å². The number of fused-ring (bicyclic) bond motifs is 4. The van der Waals surface area contributed by atoms with Crippen molar-refractivity contribution < 1.29 is 76.7 Å². The zero-order chi connectivity index (χ0) is 66.6. The number of phenols is 1. The second kappa shape index (κ2) is 33.5.